The number of amides is 1. The molecule has 1 atom stereocenters. The Morgan fingerprint density at radius 3 is 2.62 bits per heavy atom. The Labute approximate surface area is 152 Å². The topological polar surface area (TPSA) is 49.6 Å². The molecule has 1 aromatic carbocycles. The maximum absolute atomic E-state index is 12.3. The molecule has 4 nitrogen and oxygen atoms in total. The van der Waals surface area contributed by atoms with Crippen LogP contribution in [0, 0.1) is 0 Å². The Kier molecular flexibility index (Phi) is 9.99. The van der Waals surface area contributed by atoms with Gasteiger partial charge in [-0.15, -0.1) is 12.4 Å². The molecule has 136 valence electrons. The Morgan fingerprint density at radius 2 is 1.92 bits per heavy atom. The SMILES string of the molecule is CCCC(N)C(=O)N1CCCN(CCCc2ccccc2)CC1.Cl. The molecule has 2 N–H and O–H groups in total. The normalized spacial score (nSPS) is 17.0. The van der Waals surface area contributed by atoms with Gasteiger partial charge in [0, 0.05) is 19.6 Å². The third kappa shape index (κ3) is 6.80. The van der Waals surface area contributed by atoms with E-state index >= 15 is 0 Å². The molecule has 1 fully saturated rings. The fourth-order valence-corrected chi connectivity index (χ4v) is 3.24. The number of hydrogen-bond acceptors (Lipinski definition) is 3. The van der Waals surface area contributed by atoms with Crippen molar-refractivity contribution in [1.82, 2.24) is 9.80 Å². The summed E-state index contributed by atoms with van der Waals surface area (Å²) in [7, 11) is 0. The molecule has 1 unspecified atom stereocenters. The number of carbonyl (C=O) groups excluding carboxylic acids is 1. The fraction of sp³-hybridized carbons (Fsp3) is 0.632. The van der Waals surface area contributed by atoms with Crippen LogP contribution in [0.5, 0.6) is 0 Å². The van der Waals surface area contributed by atoms with E-state index in [9.17, 15) is 4.79 Å². The molecule has 0 spiro atoms. The first kappa shape index (κ1) is 20.9. The van der Waals surface area contributed by atoms with Crippen molar-refractivity contribution in [3.05, 3.63) is 35.9 Å². The molecule has 1 saturated heterocycles. The average molecular weight is 354 g/mol. The summed E-state index contributed by atoms with van der Waals surface area (Å²) in [5.74, 6) is 0.137. The zero-order valence-corrected chi connectivity index (χ0v) is 15.6. The van der Waals surface area contributed by atoms with Gasteiger partial charge in [-0.25, -0.2) is 0 Å². The van der Waals surface area contributed by atoms with Gasteiger partial charge in [0.1, 0.15) is 0 Å². The summed E-state index contributed by atoms with van der Waals surface area (Å²) in [6.45, 7) is 6.91. The van der Waals surface area contributed by atoms with Crippen LogP contribution in [0.15, 0.2) is 30.3 Å². The number of rotatable bonds is 7. The summed E-state index contributed by atoms with van der Waals surface area (Å²) in [6.07, 6.45) is 5.10. The Bertz CT molecular complexity index is 469. The van der Waals surface area contributed by atoms with E-state index in [0.29, 0.717) is 0 Å². The molecular formula is C19H32ClN3O. The second-order valence-electron chi connectivity index (χ2n) is 6.50. The minimum absolute atomic E-state index is 0. The van der Waals surface area contributed by atoms with Crippen molar-refractivity contribution < 1.29 is 4.79 Å². The average Bonchev–Trinajstić information content (AvgIpc) is 2.81. The highest BCUT2D eigenvalue weighted by Crippen LogP contribution is 2.09. The Balaban J connectivity index is 0.00000288. The van der Waals surface area contributed by atoms with E-state index in [-0.39, 0.29) is 24.4 Å². The molecule has 1 heterocycles. The number of nitrogens with two attached hydrogens (primary N) is 1. The highest BCUT2D eigenvalue weighted by Gasteiger charge is 2.22. The summed E-state index contributed by atoms with van der Waals surface area (Å²) in [6, 6.07) is 10.3. The predicted octanol–water partition coefficient (Wildman–Crippen LogP) is 2.70. The summed E-state index contributed by atoms with van der Waals surface area (Å²) in [4.78, 5) is 16.8. The van der Waals surface area contributed by atoms with Crippen molar-refractivity contribution in [3.8, 4) is 0 Å². The molecule has 1 amide bonds. The largest absolute Gasteiger partial charge is 0.340 e. The monoisotopic (exact) mass is 353 g/mol. The van der Waals surface area contributed by atoms with E-state index in [1.165, 1.54) is 12.0 Å². The first-order valence-corrected chi connectivity index (χ1v) is 9.01. The van der Waals surface area contributed by atoms with Gasteiger partial charge in [0.05, 0.1) is 6.04 Å². The van der Waals surface area contributed by atoms with Crippen LogP contribution in [-0.2, 0) is 11.2 Å². The lowest BCUT2D eigenvalue weighted by Gasteiger charge is -2.24. The zero-order valence-electron chi connectivity index (χ0n) is 14.8. The molecule has 1 aromatic rings. The standard InChI is InChI=1S/C19H31N3O.ClH/c1-2-8-18(20)19(23)22-14-7-13-21(15-16-22)12-6-11-17-9-4-3-5-10-17;/h3-5,9-10,18H,2,6-8,11-16,20H2,1H3;1H. The molecule has 1 aliphatic rings. The van der Waals surface area contributed by atoms with Gasteiger partial charge in [-0.05, 0) is 44.3 Å². The van der Waals surface area contributed by atoms with E-state index in [0.717, 1.165) is 58.4 Å². The number of halogens is 1. The van der Waals surface area contributed by atoms with Gasteiger partial charge in [-0.2, -0.15) is 0 Å². The summed E-state index contributed by atoms with van der Waals surface area (Å²) < 4.78 is 0. The van der Waals surface area contributed by atoms with Gasteiger partial charge in [0.15, 0.2) is 0 Å². The highest BCUT2D eigenvalue weighted by molar-refractivity contribution is 5.85. The summed E-state index contributed by atoms with van der Waals surface area (Å²) in [5, 5.41) is 0. The van der Waals surface area contributed by atoms with Crippen LogP contribution in [0.4, 0.5) is 0 Å². The molecule has 0 aromatic heterocycles. The van der Waals surface area contributed by atoms with Crippen LogP contribution in [-0.4, -0.2) is 54.5 Å². The van der Waals surface area contributed by atoms with Crippen molar-refractivity contribution in [3.63, 3.8) is 0 Å². The molecular weight excluding hydrogens is 322 g/mol. The number of hydrogen-bond donors (Lipinski definition) is 1. The van der Waals surface area contributed by atoms with E-state index < -0.39 is 0 Å². The van der Waals surface area contributed by atoms with Crippen LogP contribution in [0.3, 0.4) is 0 Å². The Morgan fingerprint density at radius 1 is 1.17 bits per heavy atom. The van der Waals surface area contributed by atoms with Gasteiger partial charge >= 0.3 is 0 Å². The molecule has 0 radical (unpaired) electrons. The number of carbonyl (C=O) groups is 1. The molecule has 1 aliphatic heterocycles. The van der Waals surface area contributed by atoms with E-state index in [1.54, 1.807) is 0 Å². The lowest BCUT2D eigenvalue weighted by atomic mass is 10.1. The quantitative estimate of drug-likeness (QED) is 0.820. The van der Waals surface area contributed by atoms with Gasteiger partial charge < -0.3 is 15.5 Å². The fourth-order valence-electron chi connectivity index (χ4n) is 3.24. The summed E-state index contributed by atoms with van der Waals surface area (Å²) in [5.41, 5.74) is 7.39. The van der Waals surface area contributed by atoms with Crippen LogP contribution in [0.25, 0.3) is 0 Å². The third-order valence-electron chi connectivity index (χ3n) is 4.60. The maximum Gasteiger partial charge on any atom is 0.239 e. The minimum Gasteiger partial charge on any atom is -0.340 e. The zero-order chi connectivity index (χ0) is 16.5. The minimum atomic E-state index is -0.315. The molecule has 5 heteroatoms. The predicted molar refractivity (Wildman–Crippen MR) is 103 cm³/mol. The lowest BCUT2D eigenvalue weighted by Crippen LogP contribution is -2.45. The molecule has 0 aliphatic carbocycles. The number of benzene rings is 1. The second-order valence-corrected chi connectivity index (χ2v) is 6.50. The van der Waals surface area contributed by atoms with Crippen LogP contribution in [0.1, 0.15) is 38.2 Å². The van der Waals surface area contributed by atoms with Crippen molar-refractivity contribution in [2.45, 2.75) is 45.1 Å². The molecule has 0 saturated carbocycles. The maximum atomic E-state index is 12.3. The van der Waals surface area contributed by atoms with Gasteiger partial charge in [0.25, 0.3) is 0 Å². The molecule has 2 rings (SSSR count). The number of nitrogens with zero attached hydrogens (tertiary/aromatic N) is 2. The van der Waals surface area contributed by atoms with Crippen molar-refractivity contribution in [2.75, 3.05) is 32.7 Å². The van der Waals surface area contributed by atoms with Crippen molar-refractivity contribution >= 4 is 18.3 Å². The van der Waals surface area contributed by atoms with Crippen LogP contribution < -0.4 is 5.73 Å². The third-order valence-corrected chi connectivity index (χ3v) is 4.60. The van der Waals surface area contributed by atoms with Crippen molar-refractivity contribution in [2.24, 2.45) is 5.73 Å². The van der Waals surface area contributed by atoms with Gasteiger partial charge in [0.2, 0.25) is 5.91 Å². The highest BCUT2D eigenvalue weighted by atomic mass is 35.5. The smallest absolute Gasteiger partial charge is 0.239 e. The van der Waals surface area contributed by atoms with E-state index in [2.05, 4.69) is 42.2 Å². The second kappa shape index (κ2) is 11.5. The lowest BCUT2D eigenvalue weighted by molar-refractivity contribution is -0.132. The Hall–Kier alpha value is -1.10. The summed E-state index contributed by atoms with van der Waals surface area (Å²) >= 11 is 0. The van der Waals surface area contributed by atoms with Crippen LogP contribution in [0.2, 0.25) is 0 Å². The molecule has 24 heavy (non-hydrogen) atoms. The van der Waals surface area contributed by atoms with E-state index in [4.69, 9.17) is 5.73 Å². The first-order chi connectivity index (χ1) is 11.2. The van der Waals surface area contributed by atoms with Gasteiger partial charge in [-0.3, -0.25) is 4.79 Å². The van der Waals surface area contributed by atoms with E-state index in [1.807, 2.05) is 4.90 Å². The first-order valence-electron chi connectivity index (χ1n) is 9.01. The van der Waals surface area contributed by atoms with Gasteiger partial charge in [-0.1, -0.05) is 43.7 Å². The van der Waals surface area contributed by atoms with Crippen molar-refractivity contribution in [1.29, 1.82) is 0 Å². The molecule has 0 bridgehead atoms. The van der Waals surface area contributed by atoms with Crippen LogP contribution >= 0.6 is 12.4 Å². The number of aryl methyl sites for hydroxylation is 1.